The van der Waals surface area contributed by atoms with Gasteiger partial charge in [0.05, 0.1) is 12.1 Å². The topological polar surface area (TPSA) is 62.4 Å². The van der Waals surface area contributed by atoms with Crippen LogP contribution in [0.5, 0.6) is 0 Å². The number of nitrogens with one attached hydrogen (secondary N) is 1. The van der Waals surface area contributed by atoms with Crippen LogP contribution in [0.3, 0.4) is 0 Å². The first-order valence-corrected chi connectivity index (χ1v) is 8.56. The molecular formula is C20H15F3N2O3. The maximum Gasteiger partial charge on any atom is 0.417 e. The molecule has 1 atom stereocenters. The van der Waals surface area contributed by atoms with E-state index in [1.807, 2.05) is 0 Å². The SMILES string of the molecule is C[C@@H]1CN(c2ccc3cc(-c4ccccc4C(F)(F)F)[nH]c(=O)c3c2)C(=O)O1. The van der Waals surface area contributed by atoms with Crippen molar-refractivity contribution in [3.63, 3.8) is 0 Å². The molecule has 1 aliphatic rings. The lowest BCUT2D eigenvalue weighted by atomic mass is 10.0. The van der Waals surface area contributed by atoms with Crippen LogP contribution in [0.15, 0.2) is 53.3 Å². The number of hydrogen-bond donors (Lipinski definition) is 1. The number of nitrogens with zero attached hydrogens (tertiary/aromatic N) is 1. The van der Waals surface area contributed by atoms with Gasteiger partial charge in [-0.05, 0) is 36.6 Å². The van der Waals surface area contributed by atoms with E-state index in [9.17, 15) is 22.8 Å². The van der Waals surface area contributed by atoms with Crippen molar-refractivity contribution in [3.05, 3.63) is 64.4 Å². The molecule has 1 fully saturated rings. The van der Waals surface area contributed by atoms with E-state index >= 15 is 0 Å². The highest BCUT2D eigenvalue weighted by Gasteiger charge is 2.34. The summed E-state index contributed by atoms with van der Waals surface area (Å²) in [5.74, 6) is 0. The van der Waals surface area contributed by atoms with Gasteiger partial charge in [-0.15, -0.1) is 0 Å². The van der Waals surface area contributed by atoms with E-state index in [1.54, 1.807) is 19.1 Å². The van der Waals surface area contributed by atoms with Crippen molar-refractivity contribution in [2.75, 3.05) is 11.4 Å². The predicted octanol–water partition coefficient (Wildman–Crippen LogP) is 4.56. The van der Waals surface area contributed by atoms with Gasteiger partial charge in [-0.25, -0.2) is 4.79 Å². The van der Waals surface area contributed by atoms with Gasteiger partial charge in [0, 0.05) is 22.3 Å². The van der Waals surface area contributed by atoms with E-state index in [4.69, 9.17) is 4.74 Å². The summed E-state index contributed by atoms with van der Waals surface area (Å²) in [6.07, 6.45) is -5.30. The molecule has 8 heteroatoms. The fourth-order valence-electron chi connectivity index (χ4n) is 3.34. The Morgan fingerprint density at radius 1 is 1.11 bits per heavy atom. The van der Waals surface area contributed by atoms with Crippen LogP contribution in [-0.2, 0) is 10.9 Å². The number of rotatable bonds is 2. The Morgan fingerprint density at radius 2 is 1.86 bits per heavy atom. The van der Waals surface area contributed by atoms with Crippen molar-refractivity contribution in [1.29, 1.82) is 0 Å². The Labute approximate surface area is 157 Å². The number of ether oxygens (including phenoxy) is 1. The number of carbonyl (C=O) groups is 1. The van der Waals surface area contributed by atoms with E-state index in [0.29, 0.717) is 17.6 Å². The number of H-pyrrole nitrogens is 1. The molecule has 4 rings (SSSR count). The largest absolute Gasteiger partial charge is 0.444 e. The summed E-state index contributed by atoms with van der Waals surface area (Å²) in [7, 11) is 0. The molecule has 0 unspecified atom stereocenters. The molecule has 28 heavy (non-hydrogen) atoms. The summed E-state index contributed by atoms with van der Waals surface area (Å²) in [5, 5.41) is 0.748. The van der Waals surface area contributed by atoms with E-state index < -0.39 is 23.4 Å². The number of benzene rings is 2. The Kier molecular flexibility index (Phi) is 4.14. The number of aromatic amines is 1. The van der Waals surface area contributed by atoms with Crippen molar-refractivity contribution in [2.45, 2.75) is 19.2 Å². The second kappa shape index (κ2) is 6.40. The number of carbonyl (C=O) groups excluding carboxylic acids is 1. The molecule has 1 saturated heterocycles. The van der Waals surface area contributed by atoms with E-state index in [0.717, 1.165) is 6.07 Å². The molecule has 1 N–H and O–H groups in total. The molecule has 0 radical (unpaired) electrons. The maximum absolute atomic E-state index is 13.3. The van der Waals surface area contributed by atoms with Crippen LogP contribution in [0.4, 0.5) is 23.7 Å². The molecular weight excluding hydrogens is 373 g/mol. The summed E-state index contributed by atoms with van der Waals surface area (Å²) in [5.41, 5.74) is -0.888. The van der Waals surface area contributed by atoms with E-state index in [-0.39, 0.29) is 22.7 Å². The number of anilines is 1. The summed E-state index contributed by atoms with van der Waals surface area (Å²) in [4.78, 5) is 28.4. The van der Waals surface area contributed by atoms with Crippen molar-refractivity contribution in [3.8, 4) is 11.3 Å². The molecule has 0 bridgehead atoms. The van der Waals surface area contributed by atoms with Gasteiger partial charge in [-0.1, -0.05) is 24.3 Å². The number of amides is 1. The summed E-state index contributed by atoms with van der Waals surface area (Å²) in [6.45, 7) is 2.12. The van der Waals surface area contributed by atoms with Crippen LogP contribution in [0, 0.1) is 0 Å². The van der Waals surface area contributed by atoms with Gasteiger partial charge < -0.3 is 9.72 Å². The lowest BCUT2D eigenvalue weighted by Crippen LogP contribution is -2.24. The Hall–Kier alpha value is -3.29. The maximum atomic E-state index is 13.3. The minimum absolute atomic E-state index is 0.0763. The van der Waals surface area contributed by atoms with Crippen molar-refractivity contribution >= 4 is 22.6 Å². The van der Waals surface area contributed by atoms with Gasteiger partial charge in [0.1, 0.15) is 6.10 Å². The van der Waals surface area contributed by atoms with Crippen LogP contribution in [0.25, 0.3) is 22.0 Å². The molecule has 1 aliphatic heterocycles. The molecule has 144 valence electrons. The zero-order valence-electron chi connectivity index (χ0n) is 14.7. The molecule has 5 nitrogen and oxygen atoms in total. The minimum atomic E-state index is -4.54. The number of pyridine rings is 1. The van der Waals surface area contributed by atoms with Crippen LogP contribution in [-0.4, -0.2) is 23.7 Å². The van der Waals surface area contributed by atoms with Crippen LogP contribution >= 0.6 is 0 Å². The highest BCUT2D eigenvalue weighted by molar-refractivity contribution is 5.94. The van der Waals surface area contributed by atoms with Gasteiger partial charge in [-0.2, -0.15) is 13.2 Å². The van der Waals surface area contributed by atoms with Gasteiger partial charge >= 0.3 is 12.3 Å². The molecule has 0 aliphatic carbocycles. The third kappa shape index (κ3) is 3.11. The number of cyclic esters (lactones) is 1. The lowest BCUT2D eigenvalue weighted by Gasteiger charge is -2.15. The van der Waals surface area contributed by atoms with Crippen molar-refractivity contribution < 1.29 is 22.7 Å². The predicted molar refractivity (Wildman–Crippen MR) is 98.3 cm³/mol. The molecule has 1 amide bonds. The smallest absolute Gasteiger partial charge is 0.417 e. The fourth-order valence-corrected chi connectivity index (χ4v) is 3.34. The Balaban J connectivity index is 1.82. The summed E-state index contributed by atoms with van der Waals surface area (Å²) >= 11 is 0. The molecule has 1 aromatic heterocycles. The first kappa shape index (κ1) is 18.1. The van der Waals surface area contributed by atoms with Gasteiger partial charge in [0.2, 0.25) is 0 Å². The van der Waals surface area contributed by atoms with Gasteiger partial charge in [-0.3, -0.25) is 9.69 Å². The monoisotopic (exact) mass is 388 g/mol. The molecule has 0 spiro atoms. The van der Waals surface area contributed by atoms with E-state index in [2.05, 4.69) is 4.98 Å². The average molecular weight is 388 g/mol. The van der Waals surface area contributed by atoms with E-state index in [1.165, 1.54) is 35.2 Å². The second-order valence-electron chi connectivity index (χ2n) is 6.63. The van der Waals surface area contributed by atoms with Gasteiger partial charge in [0.25, 0.3) is 5.56 Å². The zero-order chi connectivity index (χ0) is 20.1. The standard InChI is InChI=1S/C20H15F3N2O3/c1-11-10-25(19(27)28-11)13-7-6-12-8-17(24-18(26)15(12)9-13)14-4-2-3-5-16(14)20(21,22)23/h2-9,11H,10H2,1H3,(H,24,26)/t11-/m1/s1. The molecule has 3 aromatic rings. The number of aromatic nitrogens is 1. The highest BCUT2D eigenvalue weighted by Crippen LogP contribution is 2.36. The fraction of sp³-hybridized carbons (Fsp3) is 0.200. The van der Waals surface area contributed by atoms with Crippen LogP contribution < -0.4 is 10.5 Å². The Morgan fingerprint density at radius 3 is 2.54 bits per heavy atom. The number of fused-ring (bicyclic) bond motifs is 1. The number of hydrogen-bond acceptors (Lipinski definition) is 3. The minimum Gasteiger partial charge on any atom is -0.444 e. The molecule has 2 heterocycles. The highest BCUT2D eigenvalue weighted by atomic mass is 19.4. The molecule has 2 aromatic carbocycles. The first-order valence-electron chi connectivity index (χ1n) is 8.56. The Bertz CT molecular complexity index is 1140. The van der Waals surface area contributed by atoms with Crippen LogP contribution in [0.1, 0.15) is 12.5 Å². The van der Waals surface area contributed by atoms with Crippen molar-refractivity contribution in [1.82, 2.24) is 4.98 Å². The third-order valence-corrected chi connectivity index (χ3v) is 4.63. The summed E-state index contributed by atoms with van der Waals surface area (Å²) in [6, 6.07) is 11.3. The van der Waals surface area contributed by atoms with Crippen molar-refractivity contribution in [2.24, 2.45) is 0 Å². The summed E-state index contributed by atoms with van der Waals surface area (Å²) < 4.78 is 45.0. The normalized spacial score (nSPS) is 17.2. The second-order valence-corrected chi connectivity index (χ2v) is 6.63. The quantitative estimate of drug-likeness (QED) is 0.700. The first-order chi connectivity index (χ1) is 13.2. The number of alkyl halides is 3. The number of halogens is 3. The lowest BCUT2D eigenvalue weighted by molar-refractivity contribution is -0.137. The zero-order valence-corrected chi connectivity index (χ0v) is 14.7. The van der Waals surface area contributed by atoms with Crippen LogP contribution in [0.2, 0.25) is 0 Å². The third-order valence-electron chi connectivity index (χ3n) is 4.63. The van der Waals surface area contributed by atoms with Gasteiger partial charge in [0.15, 0.2) is 0 Å². The molecule has 0 saturated carbocycles. The average Bonchev–Trinajstić information content (AvgIpc) is 2.99.